The van der Waals surface area contributed by atoms with Gasteiger partial charge >= 0.3 is 5.97 Å². The van der Waals surface area contributed by atoms with E-state index in [9.17, 15) is 18.0 Å². The summed E-state index contributed by atoms with van der Waals surface area (Å²) in [6, 6.07) is 5.14. The van der Waals surface area contributed by atoms with Crippen molar-refractivity contribution in [2.24, 2.45) is 13.0 Å². The third kappa shape index (κ3) is 4.20. The molecule has 2 aromatic heterocycles. The minimum absolute atomic E-state index is 0.00295. The number of benzene rings is 1. The number of carbonyl (C=O) groups is 1. The number of ether oxygens (including phenoxy) is 1. The molecule has 2 bridgehead atoms. The summed E-state index contributed by atoms with van der Waals surface area (Å²) in [7, 11) is -1.44. The molecule has 2 unspecified atom stereocenters. The van der Waals surface area contributed by atoms with Gasteiger partial charge in [-0.15, -0.1) is 0 Å². The first-order valence-corrected chi connectivity index (χ1v) is 15.3. The summed E-state index contributed by atoms with van der Waals surface area (Å²) in [4.78, 5) is 37.1. The average molecular weight is 571 g/mol. The number of sulfone groups is 1. The van der Waals surface area contributed by atoms with E-state index < -0.39 is 21.4 Å². The van der Waals surface area contributed by atoms with E-state index >= 15 is 0 Å². The van der Waals surface area contributed by atoms with Gasteiger partial charge in [-0.05, 0) is 49.8 Å². The Labute approximate surface area is 229 Å². The summed E-state index contributed by atoms with van der Waals surface area (Å²) in [5.74, 6) is 0.810. The van der Waals surface area contributed by atoms with E-state index in [2.05, 4.69) is 20.6 Å². The molecule has 1 saturated carbocycles. The van der Waals surface area contributed by atoms with Gasteiger partial charge in [0.25, 0.3) is 5.56 Å². The fourth-order valence-corrected chi connectivity index (χ4v) is 8.26. The minimum Gasteiger partial charge on any atom is -0.460 e. The molecule has 0 radical (unpaired) electrons. The van der Waals surface area contributed by atoms with Gasteiger partial charge in [-0.3, -0.25) is 4.79 Å². The van der Waals surface area contributed by atoms with Crippen molar-refractivity contribution in [1.82, 2.24) is 14.5 Å². The summed E-state index contributed by atoms with van der Waals surface area (Å²) in [6.07, 6.45) is 5.19. The first kappa shape index (κ1) is 24.6. The van der Waals surface area contributed by atoms with Crippen molar-refractivity contribution in [1.29, 1.82) is 0 Å². The van der Waals surface area contributed by atoms with Crippen LogP contribution >= 0.6 is 11.6 Å². The van der Waals surface area contributed by atoms with Crippen LogP contribution in [0.15, 0.2) is 29.2 Å². The molecule has 13 heteroatoms. The van der Waals surface area contributed by atoms with Crippen molar-refractivity contribution in [2.75, 3.05) is 33.6 Å². The van der Waals surface area contributed by atoms with Crippen LogP contribution < -0.4 is 21.1 Å². The maximum absolute atomic E-state index is 13.1. The highest BCUT2D eigenvalue weighted by molar-refractivity contribution is 7.91. The van der Waals surface area contributed by atoms with Gasteiger partial charge < -0.3 is 24.8 Å². The van der Waals surface area contributed by atoms with Crippen LogP contribution in [0.2, 0.25) is 5.02 Å². The molecule has 7 rings (SSSR count). The molecule has 5 heterocycles. The zero-order chi connectivity index (χ0) is 27.1. The standard InChI is InChI=1S/C26H27ClN6O5S/c1-32-20-7-4-14(8-17(20)22-21(24(32)34)25(35)38-10-19(30-22)13-2-3-13)29-23-18(27)9-28-26(31-23)33-15-5-6-16(33)12-39(36,37)11-15/h4,7-9,13,15-16,19,30H,2-3,5-6,10-12H2,1H3,(H,28,29,31)/t15?,16?,19-/m1/s1. The van der Waals surface area contributed by atoms with Gasteiger partial charge in [0, 0.05) is 30.2 Å². The van der Waals surface area contributed by atoms with Crippen LogP contribution in [0.25, 0.3) is 10.9 Å². The normalized spacial score (nSPS) is 25.5. The summed E-state index contributed by atoms with van der Waals surface area (Å²) in [5.41, 5.74) is 1.40. The third-order valence-electron chi connectivity index (χ3n) is 8.25. The summed E-state index contributed by atoms with van der Waals surface area (Å²) >= 11 is 6.48. The monoisotopic (exact) mass is 570 g/mol. The number of cyclic esters (lactones) is 1. The van der Waals surface area contributed by atoms with E-state index in [-0.39, 0.29) is 41.8 Å². The topological polar surface area (TPSA) is 136 Å². The van der Waals surface area contributed by atoms with Crippen molar-refractivity contribution in [3.05, 3.63) is 45.3 Å². The van der Waals surface area contributed by atoms with Crippen LogP contribution in [-0.2, 0) is 21.6 Å². The number of halogens is 1. The van der Waals surface area contributed by atoms with Gasteiger partial charge in [0.05, 0.1) is 34.9 Å². The van der Waals surface area contributed by atoms with Crippen LogP contribution in [0, 0.1) is 5.92 Å². The molecule has 204 valence electrons. The molecule has 39 heavy (non-hydrogen) atoms. The number of hydrogen-bond donors (Lipinski definition) is 2. The number of carbonyl (C=O) groups excluding carboxylic acids is 1. The van der Waals surface area contributed by atoms with E-state index in [1.807, 2.05) is 23.1 Å². The number of aryl methyl sites for hydroxylation is 1. The molecular weight excluding hydrogens is 544 g/mol. The molecule has 0 spiro atoms. The molecule has 1 aliphatic carbocycles. The molecule has 3 fully saturated rings. The fourth-order valence-electron chi connectivity index (χ4n) is 6.16. The number of nitrogens with zero attached hydrogens (tertiary/aromatic N) is 4. The second-order valence-corrected chi connectivity index (χ2v) is 13.5. The maximum atomic E-state index is 13.1. The van der Waals surface area contributed by atoms with Crippen LogP contribution in [0.1, 0.15) is 36.0 Å². The highest BCUT2D eigenvalue weighted by atomic mass is 35.5. The van der Waals surface area contributed by atoms with Crippen LogP contribution in [0.5, 0.6) is 0 Å². The van der Waals surface area contributed by atoms with E-state index in [0.29, 0.717) is 45.0 Å². The van der Waals surface area contributed by atoms with Gasteiger partial charge in [0.1, 0.15) is 17.2 Å². The lowest BCUT2D eigenvalue weighted by atomic mass is 10.1. The first-order chi connectivity index (χ1) is 18.7. The molecular formula is C26H27ClN6O5S. The summed E-state index contributed by atoms with van der Waals surface area (Å²) < 4.78 is 31.4. The van der Waals surface area contributed by atoms with E-state index in [1.165, 1.54) is 10.8 Å². The van der Waals surface area contributed by atoms with Gasteiger partial charge in [-0.25, -0.2) is 18.2 Å². The number of pyridine rings is 1. The quantitative estimate of drug-likeness (QED) is 0.451. The lowest BCUT2D eigenvalue weighted by Gasteiger charge is -2.34. The lowest BCUT2D eigenvalue weighted by molar-refractivity contribution is 0.0491. The molecule has 3 atom stereocenters. The average Bonchev–Trinajstić information content (AvgIpc) is 3.71. The Bertz CT molecular complexity index is 1690. The summed E-state index contributed by atoms with van der Waals surface area (Å²) in [5, 5.41) is 7.72. The van der Waals surface area contributed by atoms with Gasteiger partial charge in [0.15, 0.2) is 15.7 Å². The minimum atomic E-state index is -3.08. The van der Waals surface area contributed by atoms with Gasteiger partial charge in [0.2, 0.25) is 5.95 Å². The Morgan fingerprint density at radius 3 is 2.59 bits per heavy atom. The fraction of sp³-hybridized carbons (Fsp3) is 0.462. The van der Waals surface area contributed by atoms with Gasteiger partial charge in [-0.2, -0.15) is 4.98 Å². The number of anilines is 4. The summed E-state index contributed by atoms with van der Waals surface area (Å²) in [6.45, 7) is 0.222. The molecule has 2 saturated heterocycles. The van der Waals surface area contributed by atoms with Crippen molar-refractivity contribution in [2.45, 2.75) is 43.8 Å². The number of hydrogen-bond acceptors (Lipinski definition) is 10. The molecule has 2 N–H and O–H groups in total. The maximum Gasteiger partial charge on any atom is 0.346 e. The Morgan fingerprint density at radius 1 is 1.13 bits per heavy atom. The molecule has 4 aliphatic rings. The Kier molecular flexibility index (Phi) is 5.57. The molecule has 11 nitrogen and oxygen atoms in total. The zero-order valence-corrected chi connectivity index (χ0v) is 22.8. The number of aromatic nitrogens is 3. The molecule has 3 aliphatic heterocycles. The zero-order valence-electron chi connectivity index (χ0n) is 21.2. The van der Waals surface area contributed by atoms with Crippen LogP contribution in [-0.4, -0.2) is 65.2 Å². The van der Waals surface area contributed by atoms with E-state index in [1.54, 1.807) is 7.05 Å². The van der Waals surface area contributed by atoms with Crippen molar-refractivity contribution >= 4 is 61.5 Å². The Morgan fingerprint density at radius 2 is 1.87 bits per heavy atom. The number of esters is 1. The first-order valence-electron chi connectivity index (χ1n) is 13.1. The lowest BCUT2D eigenvalue weighted by Crippen LogP contribution is -2.49. The second kappa shape index (κ2) is 8.82. The third-order valence-corrected chi connectivity index (χ3v) is 10.3. The highest BCUT2D eigenvalue weighted by Crippen LogP contribution is 2.39. The highest BCUT2D eigenvalue weighted by Gasteiger charge is 2.44. The van der Waals surface area contributed by atoms with E-state index in [0.717, 1.165) is 25.7 Å². The van der Waals surface area contributed by atoms with E-state index in [4.69, 9.17) is 16.3 Å². The molecule has 0 amide bonds. The number of rotatable bonds is 4. The van der Waals surface area contributed by atoms with Crippen LogP contribution in [0.3, 0.4) is 0 Å². The molecule has 3 aromatic rings. The number of fused-ring (bicyclic) bond motifs is 5. The molecule has 1 aromatic carbocycles. The largest absolute Gasteiger partial charge is 0.460 e. The number of nitrogens with one attached hydrogen (secondary N) is 2. The smallest absolute Gasteiger partial charge is 0.346 e. The van der Waals surface area contributed by atoms with Crippen molar-refractivity contribution in [3.63, 3.8) is 0 Å². The predicted molar refractivity (Wildman–Crippen MR) is 148 cm³/mol. The van der Waals surface area contributed by atoms with Crippen LogP contribution in [0.4, 0.5) is 23.1 Å². The Balaban J connectivity index is 1.27. The second-order valence-electron chi connectivity index (χ2n) is 10.9. The van der Waals surface area contributed by atoms with Crippen molar-refractivity contribution < 1.29 is 17.9 Å². The Hall–Kier alpha value is -3.38. The SMILES string of the molecule is Cn1c(=O)c2c(c3cc(Nc4nc(N5C6CCC5CS(=O)(=O)C6)ncc4Cl)ccc31)N[C@@H](C1CC1)COC2=O. The predicted octanol–water partition coefficient (Wildman–Crippen LogP) is 2.85. The van der Waals surface area contributed by atoms with Crippen molar-refractivity contribution in [3.8, 4) is 0 Å². The van der Waals surface area contributed by atoms with Gasteiger partial charge in [-0.1, -0.05) is 11.6 Å².